The first-order chi connectivity index (χ1) is 11.5. The van der Waals surface area contributed by atoms with E-state index in [9.17, 15) is 9.00 Å². The van der Waals surface area contributed by atoms with Gasteiger partial charge in [0.05, 0.1) is 11.9 Å². The molecule has 1 aliphatic rings. The zero-order valence-electron chi connectivity index (χ0n) is 13.8. The zero-order valence-corrected chi connectivity index (χ0v) is 14.6. The second-order valence-electron chi connectivity index (χ2n) is 5.75. The molecule has 3 rings (SSSR count). The Labute approximate surface area is 143 Å². The smallest absolute Gasteiger partial charge is 0.321 e. The summed E-state index contributed by atoms with van der Waals surface area (Å²) < 4.78 is 13.2. The van der Waals surface area contributed by atoms with E-state index in [4.69, 9.17) is 0 Å². The molecule has 0 saturated carbocycles. The van der Waals surface area contributed by atoms with Crippen LogP contribution < -0.4 is 10.2 Å². The summed E-state index contributed by atoms with van der Waals surface area (Å²) >= 11 is 0. The van der Waals surface area contributed by atoms with Crippen molar-refractivity contribution in [3.8, 4) is 0 Å². The van der Waals surface area contributed by atoms with Crippen molar-refractivity contribution >= 4 is 28.2 Å². The van der Waals surface area contributed by atoms with Crippen LogP contribution in [0.2, 0.25) is 0 Å². The predicted octanol–water partition coefficient (Wildman–Crippen LogP) is 1.51. The lowest BCUT2D eigenvalue weighted by molar-refractivity contribution is 0.208. The molecule has 1 aliphatic heterocycles. The third-order valence-corrected chi connectivity index (χ3v) is 5.00. The molecule has 1 aromatic carbocycles. The molecule has 0 radical (unpaired) electrons. The monoisotopic (exact) mass is 347 g/mol. The average Bonchev–Trinajstić information content (AvgIpc) is 3.02. The number of rotatable bonds is 3. The van der Waals surface area contributed by atoms with Crippen LogP contribution in [0.15, 0.2) is 41.6 Å². The second kappa shape index (κ2) is 7.04. The molecule has 1 aromatic heterocycles. The zero-order chi connectivity index (χ0) is 17.1. The lowest BCUT2D eigenvalue weighted by atomic mass is 10.3. The Kier molecular flexibility index (Phi) is 4.84. The average molecular weight is 347 g/mol. The highest BCUT2D eigenvalue weighted by atomic mass is 32.2. The number of hydrogen-bond donors (Lipinski definition) is 1. The Morgan fingerprint density at radius 1 is 1.17 bits per heavy atom. The molecule has 1 fully saturated rings. The molecule has 0 spiro atoms. The normalized spacial score (nSPS) is 16.1. The fourth-order valence-electron chi connectivity index (χ4n) is 2.67. The molecule has 128 valence electrons. The van der Waals surface area contributed by atoms with Gasteiger partial charge in [-0.3, -0.25) is 8.89 Å². The molecule has 24 heavy (non-hydrogen) atoms. The molecule has 8 heteroatoms. The van der Waals surface area contributed by atoms with Gasteiger partial charge in [0, 0.05) is 67.1 Å². The lowest BCUT2D eigenvalue weighted by Crippen LogP contribution is -2.50. The number of nitrogens with one attached hydrogen (secondary N) is 1. The summed E-state index contributed by atoms with van der Waals surface area (Å²) in [5.41, 5.74) is 1.80. The summed E-state index contributed by atoms with van der Waals surface area (Å²) in [7, 11) is 0.885. The van der Waals surface area contributed by atoms with Crippen molar-refractivity contribution in [2.24, 2.45) is 7.05 Å². The van der Waals surface area contributed by atoms with Gasteiger partial charge in [-0.25, -0.2) is 4.79 Å². The molecular formula is C16H21N5O2S. The van der Waals surface area contributed by atoms with Crippen molar-refractivity contribution in [1.82, 2.24) is 14.7 Å². The molecule has 0 unspecified atom stereocenters. The third kappa shape index (κ3) is 3.76. The highest BCUT2D eigenvalue weighted by Gasteiger charge is 2.22. The second-order valence-corrected chi connectivity index (χ2v) is 7.13. The molecule has 1 saturated heterocycles. The van der Waals surface area contributed by atoms with Gasteiger partial charge >= 0.3 is 6.03 Å². The van der Waals surface area contributed by atoms with Gasteiger partial charge in [-0.2, -0.15) is 5.10 Å². The molecule has 0 aliphatic carbocycles. The number of urea groups is 1. The van der Waals surface area contributed by atoms with E-state index in [0.29, 0.717) is 18.8 Å². The van der Waals surface area contributed by atoms with Gasteiger partial charge in [0.15, 0.2) is 0 Å². The number of aromatic nitrogens is 2. The molecule has 2 aromatic rings. The van der Waals surface area contributed by atoms with Crippen molar-refractivity contribution < 1.29 is 9.00 Å². The number of amides is 2. The highest BCUT2D eigenvalue weighted by Crippen LogP contribution is 2.16. The Morgan fingerprint density at radius 2 is 1.83 bits per heavy atom. The van der Waals surface area contributed by atoms with Crippen LogP contribution >= 0.6 is 0 Å². The minimum Gasteiger partial charge on any atom is -0.365 e. The summed E-state index contributed by atoms with van der Waals surface area (Å²) in [4.78, 5) is 17.1. The maximum Gasteiger partial charge on any atom is 0.321 e. The Balaban J connectivity index is 1.54. The first-order valence-electron chi connectivity index (χ1n) is 7.76. The van der Waals surface area contributed by atoms with Gasteiger partial charge < -0.3 is 15.1 Å². The Hall–Kier alpha value is -2.35. The Morgan fingerprint density at radius 3 is 2.38 bits per heavy atom. The van der Waals surface area contributed by atoms with Gasteiger partial charge in [-0.1, -0.05) is 0 Å². The van der Waals surface area contributed by atoms with Crippen LogP contribution in [0.3, 0.4) is 0 Å². The number of nitrogens with zero attached hydrogens (tertiary/aromatic N) is 4. The number of aryl methyl sites for hydroxylation is 1. The van der Waals surface area contributed by atoms with Gasteiger partial charge in [0.1, 0.15) is 0 Å². The van der Waals surface area contributed by atoms with Crippen molar-refractivity contribution in [3.05, 3.63) is 36.7 Å². The summed E-state index contributed by atoms with van der Waals surface area (Å²) in [6.45, 7) is 2.90. The Bertz CT molecular complexity index is 735. The number of hydrogen-bond acceptors (Lipinski definition) is 4. The maximum absolute atomic E-state index is 12.4. The molecule has 1 N–H and O–H groups in total. The van der Waals surface area contributed by atoms with Crippen LogP contribution in [0, 0.1) is 0 Å². The molecule has 0 bridgehead atoms. The van der Waals surface area contributed by atoms with E-state index in [2.05, 4.69) is 15.3 Å². The standard InChI is InChI=1S/C16H21N5O2S/c1-19-12-14(11-17-19)20-7-9-21(10-8-20)16(22)18-13-3-5-15(6-4-13)24(2)23/h3-6,11-12H,7-10H2,1-2H3,(H,18,22)/t24-/m0/s1. The number of carbonyl (C=O) groups excluding carboxylic acids is 1. The van der Waals surface area contributed by atoms with Crippen LogP contribution in [-0.2, 0) is 17.8 Å². The topological polar surface area (TPSA) is 70.5 Å². The molecule has 7 nitrogen and oxygen atoms in total. The van der Waals surface area contributed by atoms with E-state index >= 15 is 0 Å². The van der Waals surface area contributed by atoms with Gasteiger partial charge in [0.2, 0.25) is 0 Å². The van der Waals surface area contributed by atoms with E-state index in [1.54, 1.807) is 40.1 Å². The van der Waals surface area contributed by atoms with Gasteiger partial charge in [0.25, 0.3) is 0 Å². The largest absolute Gasteiger partial charge is 0.365 e. The summed E-state index contributed by atoms with van der Waals surface area (Å²) in [6, 6.07) is 6.99. The minimum atomic E-state index is -1.01. The van der Waals surface area contributed by atoms with E-state index in [0.717, 1.165) is 23.7 Å². The van der Waals surface area contributed by atoms with E-state index in [1.165, 1.54) is 0 Å². The number of anilines is 2. The van der Waals surface area contributed by atoms with Crippen molar-refractivity contribution in [1.29, 1.82) is 0 Å². The first-order valence-corrected chi connectivity index (χ1v) is 9.32. The van der Waals surface area contributed by atoms with E-state index in [-0.39, 0.29) is 6.03 Å². The van der Waals surface area contributed by atoms with Crippen LogP contribution in [0.1, 0.15) is 0 Å². The van der Waals surface area contributed by atoms with Crippen LogP contribution in [0.4, 0.5) is 16.2 Å². The third-order valence-electron chi connectivity index (χ3n) is 4.06. The summed E-state index contributed by atoms with van der Waals surface area (Å²) in [5.74, 6) is 0. The van der Waals surface area contributed by atoms with Crippen LogP contribution in [-0.4, -0.2) is 57.4 Å². The molecule has 2 amide bonds. The molecule has 1 atom stereocenters. The molecular weight excluding hydrogens is 326 g/mol. The van der Waals surface area contributed by atoms with Gasteiger partial charge in [-0.05, 0) is 24.3 Å². The quantitative estimate of drug-likeness (QED) is 0.914. The summed E-state index contributed by atoms with van der Waals surface area (Å²) in [5, 5.41) is 7.07. The van der Waals surface area contributed by atoms with Crippen molar-refractivity contribution in [3.63, 3.8) is 0 Å². The van der Waals surface area contributed by atoms with E-state index < -0.39 is 10.8 Å². The lowest BCUT2D eigenvalue weighted by Gasteiger charge is -2.35. The minimum absolute atomic E-state index is 0.105. The highest BCUT2D eigenvalue weighted by molar-refractivity contribution is 7.84. The van der Waals surface area contributed by atoms with Crippen LogP contribution in [0.5, 0.6) is 0 Å². The fourth-order valence-corrected chi connectivity index (χ4v) is 3.19. The fraction of sp³-hybridized carbons (Fsp3) is 0.375. The number of piperazine rings is 1. The molecule has 2 heterocycles. The van der Waals surface area contributed by atoms with E-state index in [1.807, 2.05) is 19.4 Å². The number of carbonyl (C=O) groups is 1. The van der Waals surface area contributed by atoms with Crippen molar-refractivity contribution in [2.45, 2.75) is 4.90 Å². The first kappa shape index (κ1) is 16.5. The SMILES string of the molecule is Cn1cc(N2CCN(C(=O)Nc3ccc([S@](C)=O)cc3)CC2)cn1. The predicted molar refractivity (Wildman–Crippen MR) is 94.8 cm³/mol. The summed E-state index contributed by atoms with van der Waals surface area (Å²) in [6.07, 6.45) is 5.46. The van der Waals surface area contributed by atoms with Crippen molar-refractivity contribution in [2.75, 3.05) is 42.7 Å². The number of benzene rings is 1. The van der Waals surface area contributed by atoms with Gasteiger partial charge in [-0.15, -0.1) is 0 Å². The van der Waals surface area contributed by atoms with Crippen LogP contribution in [0.25, 0.3) is 0 Å². The maximum atomic E-state index is 12.4.